The first-order chi connectivity index (χ1) is 9.90. The highest BCUT2D eigenvalue weighted by Gasteiger charge is 2.29. The molecule has 1 fully saturated rings. The number of carboxylic acid groups (broad SMARTS) is 1. The Morgan fingerprint density at radius 1 is 1.10 bits per heavy atom. The molecule has 3 unspecified atom stereocenters. The lowest BCUT2D eigenvalue weighted by Crippen LogP contribution is -2.56. The molecular weight excluding hydrogens is 270 g/mol. The second-order valence-electron chi connectivity index (χ2n) is 5.93. The van der Waals surface area contributed by atoms with Gasteiger partial charge in [-0.15, -0.1) is 0 Å². The number of hydrogen-bond acceptors (Lipinski definition) is 3. The molecule has 2 amide bonds. The van der Waals surface area contributed by atoms with E-state index >= 15 is 0 Å². The van der Waals surface area contributed by atoms with Gasteiger partial charge in [0.25, 0.3) is 0 Å². The van der Waals surface area contributed by atoms with Gasteiger partial charge in [0.2, 0.25) is 0 Å². The summed E-state index contributed by atoms with van der Waals surface area (Å²) in [5.74, 6) is -1.04. The maximum Gasteiger partial charge on any atom is 0.326 e. The second-order valence-corrected chi connectivity index (χ2v) is 5.93. The molecule has 1 aliphatic rings. The Hall–Kier alpha value is -1.30. The van der Waals surface area contributed by atoms with E-state index in [2.05, 4.69) is 24.1 Å². The summed E-state index contributed by atoms with van der Waals surface area (Å²) in [6.07, 6.45) is 1.82. The highest BCUT2D eigenvalue weighted by Crippen LogP contribution is 2.11. The lowest BCUT2D eigenvalue weighted by Gasteiger charge is -2.38. The molecule has 122 valence electrons. The lowest BCUT2D eigenvalue weighted by molar-refractivity contribution is -0.140. The van der Waals surface area contributed by atoms with E-state index in [1.54, 1.807) is 4.90 Å². The van der Waals surface area contributed by atoms with Crippen molar-refractivity contribution in [3.8, 4) is 0 Å². The number of piperazine rings is 1. The summed E-state index contributed by atoms with van der Waals surface area (Å²) in [5, 5.41) is 11.9. The number of carbonyl (C=O) groups is 2. The first kappa shape index (κ1) is 17.8. The Labute approximate surface area is 127 Å². The molecule has 2 N–H and O–H groups in total. The normalized spacial score (nSPS) is 20.7. The minimum absolute atomic E-state index is 0.0761. The third-order valence-electron chi connectivity index (χ3n) is 4.57. The first-order valence-corrected chi connectivity index (χ1v) is 7.92. The van der Waals surface area contributed by atoms with Crippen LogP contribution in [0.4, 0.5) is 4.79 Å². The van der Waals surface area contributed by atoms with Gasteiger partial charge in [0.05, 0.1) is 0 Å². The summed E-state index contributed by atoms with van der Waals surface area (Å²) in [5.41, 5.74) is 0. The molecule has 0 aromatic rings. The third kappa shape index (κ3) is 4.88. The van der Waals surface area contributed by atoms with Gasteiger partial charge < -0.3 is 15.3 Å². The minimum atomic E-state index is -0.962. The van der Waals surface area contributed by atoms with Crippen molar-refractivity contribution in [2.75, 3.05) is 26.2 Å². The summed E-state index contributed by atoms with van der Waals surface area (Å²) >= 11 is 0. The van der Waals surface area contributed by atoms with Crippen molar-refractivity contribution in [3.05, 3.63) is 0 Å². The maximum absolute atomic E-state index is 12.2. The fourth-order valence-electron chi connectivity index (χ4n) is 2.53. The first-order valence-electron chi connectivity index (χ1n) is 7.92. The summed E-state index contributed by atoms with van der Waals surface area (Å²) in [6.45, 7) is 11.1. The number of urea groups is 1. The van der Waals surface area contributed by atoms with Crippen molar-refractivity contribution in [2.24, 2.45) is 5.92 Å². The number of nitrogens with one attached hydrogen (secondary N) is 1. The average Bonchev–Trinajstić information content (AvgIpc) is 2.50. The Morgan fingerprint density at radius 2 is 1.67 bits per heavy atom. The number of aliphatic carboxylic acids is 1. The van der Waals surface area contributed by atoms with Crippen LogP contribution in [0, 0.1) is 5.92 Å². The quantitative estimate of drug-likeness (QED) is 0.781. The van der Waals surface area contributed by atoms with E-state index < -0.39 is 12.0 Å². The molecule has 0 bridgehead atoms. The van der Waals surface area contributed by atoms with E-state index in [1.807, 2.05) is 13.8 Å². The fourth-order valence-corrected chi connectivity index (χ4v) is 2.53. The highest BCUT2D eigenvalue weighted by atomic mass is 16.4. The van der Waals surface area contributed by atoms with Crippen molar-refractivity contribution in [3.63, 3.8) is 0 Å². The number of rotatable bonds is 6. The molecule has 21 heavy (non-hydrogen) atoms. The van der Waals surface area contributed by atoms with E-state index in [0.717, 1.165) is 25.9 Å². The van der Waals surface area contributed by atoms with Crippen LogP contribution in [0.15, 0.2) is 0 Å². The van der Waals surface area contributed by atoms with E-state index in [0.29, 0.717) is 19.1 Å². The molecule has 0 aromatic heterocycles. The molecule has 0 aliphatic carbocycles. The van der Waals surface area contributed by atoms with Gasteiger partial charge in [0, 0.05) is 32.2 Å². The third-order valence-corrected chi connectivity index (χ3v) is 4.57. The highest BCUT2D eigenvalue weighted by molar-refractivity contribution is 5.82. The number of amides is 2. The topological polar surface area (TPSA) is 72.9 Å². The molecule has 1 rings (SSSR count). The summed E-state index contributed by atoms with van der Waals surface area (Å²) in [4.78, 5) is 27.6. The SMILES string of the molecule is CCC(C)C(NC(=O)N1CCN(C(C)CC)CC1)C(=O)O. The number of carbonyl (C=O) groups excluding carboxylic acids is 1. The lowest BCUT2D eigenvalue weighted by atomic mass is 9.99. The van der Waals surface area contributed by atoms with Crippen LogP contribution in [0.3, 0.4) is 0 Å². The standard InChI is InChI=1S/C15H29N3O3/c1-5-11(3)13(14(19)20)16-15(21)18-9-7-17(8-10-18)12(4)6-2/h11-13H,5-10H2,1-4H3,(H,16,21)(H,19,20). The molecule has 0 aromatic carbocycles. The molecule has 1 heterocycles. The molecule has 0 saturated carbocycles. The van der Waals surface area contributed by atoms with Crippen LogP contribution in [0.2, 0.25) is 0 Å². The van der Waals surface area contributed by atoms with Crippen molar-refractivity contribution >= 4 is 12.0 Å². The zero-order chi connectivity index (χ0) is 16.0. The molecular formula is C15H29N3O3. The Kier molecular flexibility index (Phi) is 6.95. The van der Waals surface area contributed by atoms with Crippen molar-refractivity contribution in [1.82, 2.24) is 15.1 Å². The van der Waals surface area contributed by atoms with E-state index in [1.165, 1.54) is 0 Å². The van der Waals surface area contributed by atoms with Crippen LogP contribution < -0.4 is 5.32 Å². The van der Waals surface area contributed by atoms with Gasteiger partial charge in [0.1, 0.15) is 6.04 Å². The van der Waals surface area contributed by atoms with Crippen LogP contribution >= 0.6 is 0 Å². The molecule has 6 nitrogen and oxygen atoms in total. The predicted octanol–water partition coefficient (Wildman–Crippen LogP) is 1.61. The minimum Gasteiger partial charge on any atom is -0.480 e. The van der Waals surface area contributed by atoms with Crippen LogP contribution in [0.1, 0.15) is 40.5 Å². The smallest absolute Gasteiger partial charge is 0.326 e. The maximum atomic E-state index is 12.2. The van der Waals surface area contributed by atoms with E-state index in [4.69, 9.17) is 0 Å². The van der Waals surface area contributed by atoms with Gasteiger partial charge in [-0.25, -0.2) is 9.59 Å². The monoisotopic (exact) mass is 299 g/mol. The second kappa shape index (κ2) is 8.22. The van der Waals surface area contributed by atoms with E-state index in [9.17, 15) is 14.7 Å². The summed E-state index contributed by atoms with van der Waals surface area (Å²) < 4.78 is 0. The predicted molar refractivity (Wildman–Crippen MR) is 82.3 cm³/mol. The van der Waals surface area contributed by atoms with Crippen LogP contribution in [-0.4, -0.2) is 65.2 Å². The number of nitrogens with zero attached hydrogens (tertiary/aromatic N) is 2. The van der Waals surface area contributed by atoms with Gasteiger partial charge >= 0.3 is 12.0 Å². The van der Waals surface area contributed by atoms with Gasteiger partial charge in [-0.1, -0.05) is 27.2 Å². The molecule has 6 heteroatoms. The van der Waals surface area contributed by atoms with Crippen molar-refractivity contribution < 1.29 is 14.7 Å². The van der Waals surface area contributed by atoms with Crippen LogP contribution in [-0.2, 0) is 4.79 Å². The molecule has 0 radical (unpaired) electrons. The Bertz CT molecular complexity index is 354. The Balaban J connectivity index is 2.51. The zero-order valence-corrected chi connectivity index (χ0v) is 13.6. The van der Waals surface area contributed by atoms with Gasteiger partial charge in [-0.2, -0.15) is 0 Å². The van der Waals surface area contributed by atoms with Crippen LogP contribution in [0.25, 0.3) is 0 Å². The number of carboxylic acids is 1. The summed E-state index contributed by atoms with van der Waals surface area (Å²) in [7, 11) is 0. The Morgan fingerprint density at radius 3 is 2.10 bits per heavy atom. The van der Waals surface area contributed by atoms with Crippen molar-refractivity contribution in [2.45, 2.75) is 52.6 Å². The van der Waals surface area contributed by atoms with E-state index in [-0.39, 0.29) is 11.9 Å². The van der Waals surface area contributed by atoms with Crippen molar-refractivity contribution in [1.29, 1.82) is 0 Å². The largest absolute Gasteiger partial charge is 0.480 e. The fraction of sp³-hybridized carbons (Fsp3) is 0.867. The molecule has 3 atom stereocenters. The molecule has 0 spiro atoms. The van der Waals surface area contributed by atoms with Gasteiger partial charge in [0.15, 0.2) is 0 Å². The molecule has 1 aliphatic heterocycles. The molecule has 1 saturated heterocycles. The van der Waals surface area contributed by atoms with Gasteiger partial charge in [-0.05, 0) is 19.3 Å². The van der Waals surface area contributed by atoms with Gasteiger partial charge in [-0.3, -0.25) is 4.90 Å². The zero-order valence-electron chi connectivity index (χ0n) is 13.6. The average molecular weight is 299 g/mol. The number of hydrogen-bond donors (Lipinski definition) is 2. The van der Waals surface area contributed by atoms with Crippen LogP contribution in [0.5, 0.6) is 0 Å². The summed E-state index contributed by atoms with van der Waals surface area (Å²) in [6, 6.07) is -0.538.